The number of hydrogen-bond donors (Lipinski definition) is 1. The summed E-state index contributed by atoms with van der Waals surface area (Å²) < 4.78 is 0. The zero-order valence-electron chi connectivity index (χ0n) is 5.08. The van der Waals surface area contributed by atoms with Crippen molar-refractivity contribution in [2.75, 3.05) is 0 Å². The van der Waals surface area contributed by atoms with Crippen molar-refractivity contribution in [2.45, 2.75) is 0 Å². The third-order valence-corrected chi connectivity index (χ3v) is 0.874. The molecule has 0 saturated heterocycles. The molecule has 4 heteroatoms. The summed E-state index contributed by atoms with van der Waals surface area (Å²) in [6, 6.07) is 9.90. The van der Waals surface area contributed by atoms with Gasteiger partial charge in [0, 0.05) is 0 Å². The molecule has 1 aromatic carbocycles. The van der Waals surface area contributed by atoms with E-state index in [4.69, 9.17) is 5.84 Å². The molecule has 0 unspecified atom stereocenters. The van der Waals surface area contributed by atoms with Gasteiger partial charge in [0.1, 0.15) is 0 Å². The van der Waals surface area contributed by atoms with Crippen LogP contribution in [-0.4, -0.2) is 0 Å². The molecular weight excluding hydrogens is 311 g/mol. The average Bonchev–Trinajstić information content (AvgIpc) is 1.91. The van der Waals surface area contributed by atoms with E-state index in [1.165, 1.54) is 0 Å². The van der Waals surface area contributed by atoms with E-state index < -0.39 is 0 Å². The molecule has 56 valence electrons. The second-order valence-corrected chi connectivity index (χ2v) is 1.47. The van der Waals surface area contributed by atoms with Gasteiger partial charge >= 0.3 is 22.4 Å². The first-order valence-corrected chi connectivity index (χ1v) is 2.50. The van der Waals surface area contributed by atoms with Gasteiger partial charge in [0.2, 0.25) is 0 Å². The molecule has 0 radical (unpaired) electrons. The molecule has 3 nitrogen and oxygen atoms in total. The summed E-state index contributed by atoms with van der Waals surface area (Å²) in [6.45, 7) is 0. The molecule has 1 rings (SSSR count). The number of benzene rings is 1. The molecule has 10 heavy (non-hydrogen) atoms. The van der Waals surface area contributed by atoms with Gasteiger partial charge in [-0.05, 0) is 5.69 Å². The molecule has 0 aromatic heterocycles. The summed E-state index contributed by atoms with van der Waals surface area (Å²) in [5, 5.41) is 6.71. The van der Waals surface area contributed by atoms with E-state index >= 15 is 0 Å². The van der Waals surface area contributed by atoms with Crippen molar-refractivity contribution in [3.8, 4) is 0 Å². The second kappa shape index (κ2) is 5.17. The van der Waals surface area contributed by atoms with Crippen LogP contribution in [0.3, 0.4) is 0 Å². The van der Waals surface area contributed by atoms with Crippen LogP contribution >= 0.6 is 0 Å². The standard InChI is InChI=1S/C6H6N3.Au/c7-9-8-6-4-2-1-3-5-6;/h2-5H,(H2,7,8);/q-1;+1. The summed E-state index contributed by atoms with van der Waals surface area (Å²) in [5.74, 6) is 4.81. The van der Waals surface area contributed by atoms with Gasteiger partial charge in [0.15, 0.2) is 0 Å². The second-order valence-electron chi connectivity index (χ2n) is 1.47. The Bertz CT molecular complexity index is 197. The monoisotopic (exact) mass is 317 g/mol. The van der Waals surface area contributed by atoms with Crippen molar-refractivity contribution in [1.82, 2.24) is 0 Å². The zero-order chi connectivity index (χ0) is 6.53. The van der Waals surface area contributed by atoms with Crippen LogP contribution in [0.25, 0.3) is 0 Å². The molecule has 0 aliphatic carbocycles. The Balaban J connectivity index is 0.000000810. The summed E-state index contributed by atoms with van der Waals surface area (Å²) in [4.78, 5) is 0. The molecule has 0 aliphatic rings. The van der Waals surface area contributed by atoms with Crippen molar-refractivity contribution < 1.29 is 22.4 Å². The van der Waals surface area contributed by atoms with Gasteiger partial charge in [-0.2, -0.15) is 23.3 Å². The summed E-state index contributed by atoms with van der Waals surface area (Å²) in [5.41, 5.74) is 0.747. The molecule has 0 amide bonds. The van der Waals surface area contributed by atoms with E-state index in [0.29, 0.717) is 0 Å². The fraction of sp³-hybridized carbons (Fsp3) is 0. The van der Waals surface area contributed by atoms with Crippen LogP contribution in [0, 0.1) is 6.07 Å². The molecular formula is C6H6AuN3. The Morgan fingerprint density at radius 1 is 1.30 bits per heavy atom. The maximum atomic E-state index is 4.81. The largest absolute Gasteiger partial charge is 1.00 e. The molecule has 0 atom stereocenters. The molecule has 0 fully saturated rings. The van der Waals surface area contributed by atoms with Crippen LogP contribution in [0.5, 0.6) is 0 Å². The van der Waals surface area contributed by atoms with Gasteiger partial charge in [0.25, 0.3) is 0 Å². The maximum Gasteiger partial charge on any atom is 1.00 e. The number of nitrogens with two attached hydrogens (primary N) is 1. The van der Waals surface area contributed by atoms with Gasteiger partial charge in [-0.15, -0.1) is 12.1 Å². The predicted octanol–water partition coefficient (Wildman–Crippen LogP) is 1.44. The fourth-order valence-corrected chi connectivity index (χ4v) is 0.511. The van der Waals surface area contributed by atoms with E-state index in [9.17, 15) is 0 Å². The van der Waals surface area contributed by atoms with Crippen LogP contribution in [-0.2, 0) is 22.4 Å². The Kier molecular flexibility index (Phi) is 4.84. The fourth-order valence-electron chi connectivity index (χ4n) is 0.511. The topological polar surface area (TPSA) is 50.7 Å². The Labute approximate surface area is 74.8 Å². The Morgan fingerprint density at radius 2 is 1.90 bits per heavy atom. The third-order valence-electron chi connectivity index (χ3n) is 0.874. The van der Waals surface area contributed by atoms with Crippen LogP contribution < -0.4 is 5.84 Å². The number of nitrogens with zero attached hydrogens (tertiary/aromatic N) is 2. The SMILES string of the molecule is NN=Nc1cc[c-]cc1.[Au+]. The van der Waals surface area contributed by atoms with Crippen molar-refractivity contribution in [3.63, 3.8) is 0 Å². The normalized spacial score (nSPS) is 9.20. The molecule has 0 spiro atoms. The molecule has 0 aliphatic heterocycles. The summed E-state index contributed by atoms with van der Waals surface area (Å²) in [6.07, 6.45) is 0. The Hall–Kier alpha value is -0.640. The first-order chi connectivity index (χ1) is 4.43. The quantitative estimate of drug-likeness (QED) is 0.275. The van der Waals surface area contributed by atoms with Crippen molar-refractivity contribution in [2.24, 2.45) is 16.2 Å². The minimum Gasteiger partial charge on any atom is -0.305 e. The summed E-state index contributed by atoms with van der Waals surface area (Å²) >= 11 is 0. The minimum atomic E-state index is 0. The first kappa shape index (κ1) is 9.36. The number of rotatable bonds is 1. The molecule has 0 bridgehead atoms. The van der Waals surface area contributed by atoms with Crippen molar-refractivity contribution in [3.05, 3.63) is 30.3 Å². The Morgan fingerprint density at radius 3 is 2.40 bits per heavy atom. The van der Waals surface area contributed by atoms with Crippen molar-refractivity contribution in [1.29, 1.82) is 0 Å². The van der Waals surface area contributed by atoms with E-state index in [1.807, 2.05) is 0 Å². The first-order valence-electron chi connectivity index (χ1n) is 2.50. The van der Waals surface area contributed by atoms with E-state index in [1.54, 1.807) is 24.3 Å². The number of hydrogen-bond acceptors (Lipinski definition) is 2. The van der Waals surface area contributed by atoms with Gasteiger partial charge in [-0.25, -0.2) is 0 Å². The molecule has 2 N–H and O–H groups in total. The van der Waals surface area contributed by atoms with Crippen LogP contribution in [0.1, 0.15) is 0 Å². The van der Waals surface area contributed by atoms with Crippen molar-refractivity contribution >= 4 is 5.69 Å². The zero-order valence-corrected chi connectivity index (χ0v) is 7.25. The molecule has 0 saturated carbocycles. The van der Waals surface area contributed by atoms with Crippen LogP contribution in [0.15, 0.2) is 34.6 Å². The van der Waals surface area contributed by atoms with E-state index in [-0.39, 0.29) is 22.4 Å². The maximum absolute atomic E-state index is 4.81. The van der Waals surface area contributed by atoms with Gasteiger partial charge in [0.05, 0.1) is 0 Å². The van der Waals surface area contributed by atoms with Gasteiger partial charge < -0.3 is 5.84 Å². The third kappa shape index (κ3) is 2.77. The summed E-state index contributed by atoms with van der Waals surface area (Å²) in [7, 11) is 0. The smallest absolute Gasteiger partial charge is 0.305 e. The predicted molar refractivity (Wildman–Crippen MR) is 34.0 cm³/mol. The molecule has 0 heterocycles. The van der Waals surface area contributed by atoms with Crippen LogP contribution in [0.2, 0.25) is 0 Å². The molecule has 1 aromatic rings. The van der Waals surface area contributed by atoms with Gasteiger partial charge in [-0.1, -0.05) is 5.22 Å². The minimum absolute atomic E-state index is 0. The van der Waals surface area contributed by atoms with Crippen LogP contribution in [0.4, 0.5) is 5.69 Å². The van der Waals surface area contributed by atoms with E-state index in [0.717, 1.165) is 5.69 Å². The van der Waals surface area contributed by atoms with Gasteiger partial charge in [-0.3, -0.25) is 0 Å². The average molecular weight is 317 g/mol. The van der Waals surface area contributed by atoms with E-state index in [2.05, 4.69) is 16.4 Å².